The zero-order valence-corrected chi connectivity index (χ0v) is 23.0. The molecule has 12 heteroatoms. The number of carbonyl (C=O) groups excluding carboxylic acids is 1. The van der Waals surface area contributed by atoms with E-state index in [0.29, 0.717) is 47.0 Å². The Morgan fingerprint density at radius 3 is 2.56 bits per heavy atom. The van der Waals surface area contributed by atoms with Crippen molar-refractivity contribution in [1.82, 2.24) is 29.3 Å². The van der Waals surface area contributed by atoms with E-state index in [4.69, 9.17) is 0 Å². The molecular formula is C27H30N8O3S. The summed E-state index contributed by atoms with van der Waals surface area (Å²) < 4.78 is 26.8. The van der Waals surface area contributed by atoms with Gasteiger partial charge in [0.1, 0.15) is 28.2 Å². The SMILES string of the molecule is Cc1ccnc(C2CC2C(=O)Nc2cc(N[C@H](C)c3cn4cc(C5CC5)cc(S(C)(=O)=O)c4n3)nc(C)n2)n1. The van der Waals surface area contributed by atoms with Crippen LogP contribution in [0, 0.1) is 19.8 Å². The number of rotatable bonds is 8. The molecule has 2 aliphatic carbocycles. The van der Waals surface area contributed by atoms with Crippen molar-refractivity contribution in [3.8, 4) is 0 Å². The molecule has 0 bridgehead atoms. The summed E-state index contributed by atoms with van der Waals surface area (Å²) in [5.41, 5.74) is 2.98. The van der Waals surface area contributed by atoms with Crippen LogP contribution in [0.1, 0.15) is 72.7 Å². The lowest BCUT2D eigenvalue weighted by molar-refractivity contribution is -0.117. The number of nitrogens with zero attached hydrogens (tertiary/aromatic N) is 6. The van der Waals surface area contributed by atoms with Crippen molar-refractivity contribution in [3.05, 3.63) is 65.4 Å². The number of pyridine rings is 1. The van der Waals surface area contributed by atoms with Crippen LogP contribution in [0.2, 0.25) is 0 Å². The molecule has 202 valence electrons. The second-order valence-corrected chi connectivity index (χ2v) is 12.6. The van der Waals surface area contributed by atoms with Gasteiger partial charge in [-0.15, -0.1) is 0 Å². The van der Waals surface area contributed by atoms with Gasteiger partial charge in [-0.1, -0.05) is 0 Å². The molecule has 1 amide bonds. The highest BCUT2D eigenvalue weighted by atomic mass is 32.2. The maximum atomic E-state index is 12.9. The van der Waals surface area contributed by atoms with Crippen LogP contribution in [0.15, 0.2) is 41.7 Å². The maximum Gasteiger partial charge on any atom is 0.229 e. The number of amides is 1. The van der Waals surface area contributed by atoms with E-state index in [0.717, 1.165) is 24.1 Å². The summed E-state index contributed by atoms with van der Waals surface area (Å²) in [4.78, 5) is 35.4. The van der Waals surface area contributed by atoms with Crippen molar-refractivity contribution >= 4 is 33.0 Å². The van der Waals surface area contributed by atoms with Gasteiger partial charge in [-0.2, -0.15) is 0 Å². The molecular weight excluding hydrogens is 516 g/mol. The van der Waals surface area contributed by atoms with E-state index in [-0.39, 0.29) is 28.7 Å². The molecule has 2 unspecified atom stereocenters. The molecule has 4 heterocycles. The third-order valence-corrected chi connectivity index (χ3v) is 8.27. The van der Waals surface area contributed by atoms with E-state index in [9.17, 15) is 13.2 Å². The first-order chi connectivity index (χ1) is 18.5. The van der Waals surface area contributed by atoms with Crippen molar-refractivity contribution < 1.29 is 13.2 Å². The number of fused-ring (bicyclic) bond motifs is 1. The smallest absolute Gasteiger partial charge is 0.229 e. The van der Waals surface area contributed by atoms with Gasteiger partial charge in [0.05, 0.1) is 11.7 Å². The molecule has 2 saturated carbocycles. The summed E-state index contributed by atoms with van der Waals surface area (Å²) in [6, 6.07) is 4.99. The van der Waals surface area contributed by atoms with E-state index in [1.165, 1.54) is 6.26 Å². The van der Waals surface area contributed by atoms with Crippen LogP contribution in [-0.4, -0.2) is 49.9 Å². The van der Waals surface area contributed by atoms with E-state index < -0.39 is 9.84 Å². The van der Waals surface area contributed by atoms with E-state index >= 15 is 0 Å². The Hall–Kier alpha value is -3.93. The van der Waals surface area contributed by atoms with Crippen molar-refractivity contribution in [3.63, 3.8) is 0 Å². The number of carbonyl (C=O) groups is 1. The molecule has 2 N–H and O–H groups in total. The summed E-state index contributed by atoms with van der Waals surface area (Å²) in [5.74, 6) is 2.23. The number of hydrogen-bond donors (Lipinski definition) is 2. The molecule has 0 spiro atoms. The fourth-order valence-electron chi connectivity index (χ4n) is 4.87. The van der Waals surface area contributed by atoms with Crippen molar-refractivity contribution in [2.75, 3.05) is 16.9 Å². The minimum atomic E-state index is -3.45. The van der Waals surface area contributed by atoms with Crippen LogP contribution in [0.3, 0.4) is 0 Å². The molecule has 0 aliphatic heterocycles. The molecule has 3 atom stereocenters. The van der Waals surface area contributed by atoms with Gasteiger partial charge in [0.2, 0.25) is 5.91 Å². The highest BCUT2D eigenvalue weighted by Crippen LogP contribution is 2.46. The first kappa shape index (κ1) is 25.4. The predicted octanol–water partition coefficient (Wildman–Crippen LogP) is 3.73. The molecule has 0 saturated heterocycles. The number of hydrogen-bond acceptors (Lipinski definition) is 9. The number of anilines is 2. The average Bonchev–Trinajstić information content (AvgIpc) is 3.78. The molecule has 11 nitrogen and oxygen atoms in total. The Bertz CT molecular complexity index is 1710. The zero-order valence-electron chi connectivity index (χ0n) is 22.2. The molecule has 4 aromatic rings. The summed E-state index contributed by atoms with van der Waals surface area (Å²) in [6.45, 7) is 5.59. The van der Waals surface area contributed by atoms with Crippen LogP contribution in [0.4, 0.5) is 11.6 Å². The normalized spacial score (nSPS) is 19.6. The topological polar surface area (TPSA) is 144 Å². The molecule has 0 aromatic carbocycles. The second-order valence-electron chi connectivity index (χ2n) is 10.6. The van der Waals surface area contributed by atoms with Crippen LogP contribution in [-0.2, 0) is 14.6 Å². The van der Waals surface area contributed by atoms with Gasteiger partial charge in [0.15, 0.2) is 15.5 Å². The summed E-state index contributed by atoms with van der Waals surface area (Å²) in [5, 5.41) is 6.23. The molecule has 0 radical (unpaired) electrons. The Morgan fingerprint density at radius 2 is 1.85 bits per heavy atom. The van der Waals surface area contributed by atoms with Gasteiger partial charge in [-0.3, -0.25) is 4.79 Å². The minimum Gasteiger partial charge on any atom is -0.362 e. The van der Waals surface area contributed by atoms with Gasteiger partial charge >= 0.3 is 0 Å². The van der Waals surface area contributed by atoms with Gasteiger partial charge in [-0.25, -0.2) is 33.3 Å². The first-order valence-corrected chi connectivity index (χ1v) is 14.9. The minimum absolute atomic E-state index is 0.0118. The van der Waals surface area contributed by atoms with E-state index in [1.807, 2.05) is 32.3 Å². The van der Waals surface area contributed by atoms with Crippen LogP contribution in [0.5, 0.6) is 0 Å². The van der Waals surface area contributed by atoms with Crippen molar-refractivity contribution in [2.24, 2.45) is 5.92 Å². The standard InChI is InChI=1S/C27H30N8O3S/c1-14-7-8-28-25(29-14)19-10-20(19)27(36)34-24-11-23(31-16(3)32-24)30-15(2)21-13-35-12-18(17-5-6-17)9-22(26(35)33-21)39(4,37)38/h7-9,11-13,15,17,19-20H,5-6,10H2,1-4H3,(H2,30,31,32,34,36)/t15-,19?,20?/m1/s1. The van der Waals surface area contributed by atoms with Gasteiger partial charge < -0.3 is 15.0 Å². The lowest BCUT2D eigenvalue weighted by Gasteiger charge is -2.14. The Morgan fingerprint density at radius 1 is 1.08 bits per heavy atom. The molecule has 6 rings (SSSR count). The fourth-order valence-corrected chi connectivity index (χ4v) is 5.70. The van der Waals surface area contributed by atoms with Gasteiger partial charge in [-0.05, 0) is 63.6 Å². The Balaban J connectivity index is 1.19. The fraction of sp³-hybridized carbons (Fsp3) is 0.407. The third kappa shape index (κ3) is 5.33. The van der Waals surface area contributed by atoms with Crippen molar-refractivity contribution in [1.29, 1.82) is 0 Å². The number of nitrogens with one attached hydrogen (secondary N) is 2. The third-order valence-electron chi connectivity index (χ3n) is 7.18. The van der Waals surface area contributed by atoms with Crippen LogP contribution in [0.25, 0.3) is 5.65 Å². The number of sulfone groups is 1. The Kier molecular flexibility index (Phi) is 6.09. The first-order valence-electron chi connectivity index (χ1n) is 13.0. The maximum absolute atomic E-state index is 12.9. The van der Waals surface area contributed by atoms with Crippen LogP contribution < -0.4 is 10.6 Å². The van der Waals surface area contributed by atoms with Gasteiger partial charge in [0.25, 0.3) is 0 Å². The highest BCUT2D eigenvalue weighted by Gasteiger charge is 2.46. The lowest BCUT2D eigenvalue weighted by Crippen LogP contribution is -2.17. The summed E-state index contributed by atoms with van der Waals surface area (Å²) >= 11 is 0. The average molecular weight is 547 g/mol. The summed E-state index contributed by atoms with van der Waals surface area (Å²) in [6.07, 6.45) is 9.60. The monoisotopic (exact) mass is 546 g/mol. The van der Waals surface area contributed by atoms with Crippen LogP contribution >= 0.6 is 0 Å². The highest BCUT2D eigenvalue weighted by molar-refractivity contribution is 7.91. The zero-order chi connectivity index (χ0) is 27.5. The molecule has 39 heavy (non-hydrogen) atoms. The predicted molar refractivity (Wildman–Crippen MR) is 145 cm³/mol. The van der Waals surface area contributed by atoms with Crippen molar-refractivity contribution in [2.45, 2.75) is 62.8 Å². The second kappa shape index (κ2) is 9.37. The number of imidazole rings is 1. The lowest BCUT2D eigenvalue weighted by atomic mass is 10.2. The number of aromatic nitrogens is 6. The van der Waals surface area contributed by atoms with E-state index in [2.05, 4.69) is 35.6 Å². The largest absolute Gasteiger partial charge is 0.362 e. The van der Waals surface area contributed by atoms with Gasteiger partial charge in [0, 0.05) is 48.4 Å². The molecule has 4 aromatic heterocycles. The van der Waals surface area contributed by atoms with E-state index in [1.54, 1.807) is 29.7 Å². The summed E-state index contributed by atoms with van der Waals surface area (Å²) in [7, 11) is -3.45. The quantitative estimate of drug-likeness (QED) is 0.338. The number of aryl methyl sites for hydroxylation is 2. The molecule has 2 aliphatic rings. The molecule has 2 fully saturated rings. The Labute approximate surface area is 226 Å².